The fourth-order valence-corrected chi connectivity index (χ4v) is 3.83. The first-order valence-corrected chi connectivity index (χ1v) is 7.96. The molecule has 5 heteroatoms. The van der Waals surface area contributed by atoms with Gasteiger partial charge in [-0.05, 0) is 42.0 Å². The van der Waals surface area contributed by atoms with Gasteiger partial charge in [0, 0.05) is 21.3 Å². The molecular weight excluding hydrogens is 334 g/mol. The van der Waals surface area contributed by atoms with E-state index < -0.39 is 0 Å². The second-order valence-corrected chi connectivity index (χ2v) is 6.51. The summed E-state index contributed by atoms with van der Waals surface area (Å²) in [6, 6.07) is 10.2. The zero-order valence-electron chi connectivity index (χ0n) is 11.3. The summed E-state index contributed by atoms with van der Waals surface area (Å²) in [7, 11) is 1.95. The second kappa shape index (κ2) is 5.60. The number of benzene rings is 1. The van der Waals surface area contributed by atoms with E-state index in [1.165, 1.54) is 4.88 Å². The van der Waals surface area contributed by atoms with Gasteiger partial charge in [0.05, 0.1) is 11.2 Å². The molecule has 20 heavy (non-hydrogen) atoms. The van der Waals surface area contributed by atoms with Gasteiger partial charge < -0.3 is 5.32 Å². The molecule has 0 amide bonds. The van der Waals surface area contributed by atoms with Gasteiger partial charge in [0.1, 0.15) is 10.7 Å². The van der Waals surface area contributed by atoms with E-state index in [-0.39, 0.29) is 0 Å². The van der Waals surface area contributed by atoms with Crippen LogP contribution in [0.1, 0.15) is 10.6 Å². The van der Waals surface area contributed by atoms with Crippen LogP contribution in [-0.2, 0) is 6.54 Å². The molecule has 2 heterocycles. The Hall–Kier alpha value is -1.30. The Labute approximate surface area is 130 Å². The van der Waals surface area contributed by atoms with Crippen molar-refractivity contribution in [2.75, 3.05) is 7.05 Å². The zero-order chi connectivity index (χ0) is 14.1. The van der Waals surface area contributed by atoms with Crippen LogP contribution in [0.3, 0.4) is 0 Å². The van der Waals surface area contributed by atoms with Gasteiger partial charge in [0.15, 0.2) is 0 Å². The molecule has 0 aliphatic rings. The minimum atomic E-state index is 0.842. The number of pyridine rings is 1. The highest BCUT2D eigenvalue weighted by Crippen LogP contribution is 2.33. The number of nitrogens with one attached hydrogen (secondary N) is 1. The molecule has 0 aliphatic carbocycles. The highest BCUT2D eigenvalue weighted by Gasteiger charge is 2.13. The molecule has 1 aromatic carbocycles. The van der Waals surface area contributed by atoms with Crippen molar-refractivity contribution in [1.29, 1.82) is 0 Å². The molecule has 0 aliphatic heterocycles. The number of para-hydroxylation sites is 1. The highest BCUT2D eigenvalue weighted by molar-refractivity contribution is 9.10. The van der Waals surface area contributed by atoms with E-state index in [1.54, 1.807) is 11.3 Å². The summed E-state index contributed by atoms with van der Waals surface area (Å²) in [5, 5.41) is 5.27. The Morgan fingerprint density at radius 3 is 2.85 bits per heavy atom. The lowest BCUT2D eigenvalue weighted by molar-refractivity contribution is 0.823. The zero-order valence-corrected chi connectivity index (χ0v) is 13.7. The molecule has 0 unspecified atom stereocenters. The second-order valence-electron chi connectivity index (χ2n) is 4.57. The summed E-state index contributed by atoms with van der Waals surface area (Å²) >= 11 is 5.31. The average molecular weight is 348 g/mol. The van der Waals surface area contributed by atoms with Gasteiger partial charge in [-0.15, -0.1) is 11.3 Å². The summed E-state index contributed by atoms with van der Waals surface area (Å²) in [6.07, 6.45) is 0. The Morgan fingerprint density at radius 1 is 1.25 bits per heavy atom. The maximum absolute atomic E-state index is 4.74. The van der Waals surface area contributed by atoms with Gasteiger partial charge in [-0.1, -0.05) is 18.2 Å². The lowest BCUT2D eigenvalue weighted by Gasteiger charge is -2.03. The lowest BCUT2D eigenvalue weighted by Crippen LogP contribution is -2.04. The number of aromatic nitrogens is 2. The monoisotopic (exact) mass is 347 g/mol. The maximum Gasteiger partial charge on any atom is 0.143 e. The van der Waals surface area contributed by atoms with Gasteiger partial charge in [0.25, 0.3) is 0 Å². The minimum Gasteiger partial charge on any atom is -0.315 e. The van der Waals surface area contributed by atoms with Crippen LogP contribution in [0, 0.1) is 6.92 Å². The molecule has 0 saturated heterocycles. The van der Waals surface area contributed by atoms with E-state index in [9.17, 15) is 0 Å². The van der Waals surface area contributed by atoms with Crippen molar-refractivity contribution in [3.05, 3.63) is 45.4 Å². The van der Waals surface area contributed by atoms with Gasteiger partial charge in [-0.25, -0.2) is 9.97 Å². The molecule has 3 rings (SSSR count). The molecule has 2 aromatic heterocycles. The maximum atomic E-state index is 4.74. The van der Waals surface area contributed by atoms with Crippen molar-refractivity contribution in [1.82, 2.24) is 15.3 Å². The number of rotatable bonds is 3. The molecule has 0 bridgehead atoms. The first-order valence-electron chi connectivity index (χ1n) is 6.35. The van der Waals surface area contributed by atoms with Gasteiger partial charge >= 0.3 is 0 Å². The topological polar surface area (TPSA) is 37.8 Å². The van der Waals surface area contributed by atoms with Crippen LogP contribution in [-0.4, -0.2) is 17.0 Å². The van der Waals surface area contributed by atoms with E-state index in [1.807, 2.05) is 32.2 Å². The minimum absolute atomic E-state index is 0.842. The van der Waals surface area contributed by atoms with Crippen molar-refractivity contribution in [3.63, 3.8) is 0 Å². The number of hydrogen-bond acceptors (Lipinski definition) is 4. The molecule has 0 fully saturated rings. The Morgan fingerprint density at radius 2 is 2.05 bits per heavy atom. The lowest BCUT2D eigenvalue weighted by atomic mass is 10.2. The fraction of sp³-hybridized carbons (Fsp3) is 0.200. The number of hydrogen-bond donors (Lipinski definition) is 1. The van der Waals surface area contributed by atoms with E-state index in [4.69, 9.17) is 4.98 Å². The normalized spacial score (nSPS) is 11.2. The first-order chi connectivity index (χ1) is 9.69. The number of nitrogens with zero attached hydrogens (tertiary/aromatic N) is 2. The third-order valence-corrected chi connectivity index (χ3v) is 4.88. The van der Waals surface area contributed by atoms with Crippen molar-refractivity contribution in [2.24, 2.45) is 0 Å². The predicted octanol–water partition coefficient (Wildman–Crippen LogP) is 4.15. The molecule has 0 radical (unpaired) electrons. The molecule has 3 aromatic rings. The molecule has 0 saturated carbocycles. The Bertz CT molecular complexity index is 767. The smallest absolute Gasteiger partial charge is 0.143 e. The van der Waals surface area contributed by atoms with Crippen molar-refractivity contribution < 1.29 is 0 Å². The van der Waals surface area contributed by atoms with Gasteiger partial charge in [0.2, 0.25) is 0 Å². The third-order valence-electron chi connectivity index (χ3n) is 3.11. The SMILES string of the molecule is CNCc1sc(-c2nc3ccccc3cc2Br)nc1C. The fourth-order valence-electron chi connectivity index (χ4n) is 2.09. The summed E-state index contributed by atoms with van der Waals surface area (Å²) in [5.41, 5.74) is 2.98. The van der Waals surface area contributed by atoms with Crippen LogP contribution in [0.5, 0.6) is 0 Å². The summed E-state index contributed by atoms with van der Waals surface area (Å²) in [4.78, 5) is 10.6. The van der Waals surface area contributed by atoms with Crippen LogP contribution in [0.15, 0.2) is 34.8 Å². The van der Waals surface area contributed by atoms with Crippen molar-refractivity contribution >= 4 is 38.2 Å². The van der Waals surface area contributed by atoms with Crippen LogP contribution in [0.2, 0.25) is 0 Å². The number of thiazole rings is 1. The van der Waals surface area contributed by atoms with E-state index in [2.05, 4.69) is 38.4 Å². The first kappa shape index (κ1) is 13.7. The van der Waals surface area contributed by atoms with Gasteiger partial charge in [-0.2, -0.15) is 0 Å². The number of fused-ring (bicyclic) bond motifs is 1. The van der Waals surface area contributed by atoms with E-state index in [0.29, 0.717) is 0 Å². The highest BCUT2D eigenvalue weighted by atomic mass is 79.9. The van der Waals surface area contributed by atoms with Crippen LogP contribution in [0.25, 0.3) is 21.6 Å². The standard InChI is InChI=1S/C15H14BrN3S/c1-9-13(8-17-2)20-15(18-9)14-11(16)7-10-5-3-4-6-12(10)19-14/h3-7,17H,8H2,1-2H3. The molecule has 102 valence electrons. The third kappa shape index (κ3) is 2.49. The largest absolute Gasteiger partial charge is 0.315 e. The van der Waals surface area contributed by atoms with E-state index in [0.717, 1.165) is 38.3 Å². The summed E-state index contributed by atoms with van der Waals surface area (Å²) < 4.78 is 0.987. The van der Waals surface area contributed by atoms with Crippen LogP contribution >= 0.6 is 27.3 Å². The quantitative estimate of drug-likeness (QED) is 0.773. The van der Waals surface area contributed by atoms with Crippen molar-refractivity contribution in [2.45, 2.75) is 13.5 Å². The molecule has 3 nitrogen and oxygen atoms in total. The molecular formula is C15H14BrN3S. The average Bonchev–Trinajstić information content (AvgIpc) is 2.80. The molecule has 0 atom stereocenters. The Balaban J connectivity index is 2.13. The van der Waals surface area contributed by atoms with Crippen molar-refractivity contribution in [3.8, 4) is 10.7 Å². The summed E-state index contributed by atoms with van der Waals surface area (Å²) in [6.45, 7) is 2.89. The molecule has 1 N–H and O–H groups in total. The number of halogens is 1. The predicted molar refractivity (Wildman–Crippen MR) is 88.1 cm³/mol. The Kier molecular flexibility index (Phi) is 3.83. The van der Waals surface area contributed by atoms with E-state index >= 15 is 0 Å². The van der Waals surface area contributed by atoms with Gasteiger partial charge in [-0.3, -0.25) is 0 Å². The summed E-state index contributed by atoms with van der Waals surface area (Å²) in [5.74, 6) is 0. The number of aryl methyl sites for hydroxylation is 1. The van der Waals surface area contributed by atoms with Crippen LogP contribution in [0.4, 0.5) is 0 Å². The molecule has 0 spiro atoms. The van der Waals surface area contributed by atoms with Crippen LogP contribution < -0.4 is 5.32 Å².